The molecule has 2 fully saturated rings. The minimum atomic E-state index is -5.08. The number of ether oxygens (including phenoxy) is 2. The Morgan fingerprint density at radius 3 is 2.62 bits per heavy atom. The molecular weight excluding hydrogens is 436 g/mol. The van der Waals surface area contributed by atoms with Crippen molar-refractivity contribution in [3.05, 3.63) is 60.0 Å². The van der Waals surface area contributed by atoms with Crippen LogP contribution in [-0.2, 0) is 9.53 Å². The third-order valence-corrected chi connectivity index (χ3v) is 5.27. The molecule has 1 aromatic carbocycles. The topological polar surface area (TPSA) is 89.0 Å². The fourth-order valence-electron chi connectivity index (χ4n) is 3.64. The van der Waals surface area contributed by atoms with Crippen LogP contribution in [0.2, 0.25) is 0 Å². The number of benzene rings is 1. The molecule has 0 aliphatic carbocycles. The van der Waals surface area contributed by atoms with Crippen LogP contribution in [0.25, 0.3) is 0 Å². The van der Waals surface area contributed by atoms with Gasteiger partial charge in [-0.15, -0.1) is 0 Å². The third kappa shape index (κ3) is 5.52. The molecule has 0 unspecified atom stereocenters. The minimum Gasteiger partial charge on any atom is -0.477 e. The quantitative estimate of drug-likeness (QED) is 0.712. The number of pyridine rings is 1. The Labute approximate surface area is 180 Å². The molecule has 172 valence electrons. The lowest BCUT2D eigenvalue weighted by atomic mass is 9.82. The molecule has 2 aromatic rings. The molecule has 1 amide bonds. The highest BCUT2D eigenvalue weighted by molar-refractivity contribution is 5.94. The average Bonchev–Trinajstić information content (AvgIpc) is 3.30. The predicted molar refractivity (Wildman–Crippen MR) is 102 cm³/mol. The van der Waals surface area contributed by atoms with E-state index in [2.05, 4.69) is 4.98 Å². The zero-order chi connectivity index (χ0) is 23.4. The summed E-state index contributed by atoms with van der Waals surface area (Å²) >= 11 is 0. The van der Waals surface area contributed by atoms with Crippen molar-refractivity contribution >= 4 is 11.9 Å². The second-order valence-corrected chi connectivity index (χ2v) is 7.53. The highest BCUT2D eigenvalue weighted by Crippen LogP contribution is 2.42. The Bertz CT molecular complexity index is 957. The van der Waals surface area contributed by atoms with Gasteiger partial charge in [0, 0.05) is 36.8 Å². The number of likely N-dealkylation sites (tertiary alicyclic amines) is 1. The first-order valence-corrected chi connectivity index (χ1v) is 9.57. The van der Waals surface area contributed by atoms with E-state index in [4.69, 9.17) is 19.4 Å². The van der Waals surface area contributed by atoms with Crippen molar-refractivity contribution in [2.75, 3.05) is 32.9 Å². The van der Waals surface area contributed by atoms with Crippen LogP contribution < -0.4 is 4.74 Å². The van der Waals surface area contributed by atoms with Gasteiger partial charge in [-0.05, 0) is 24.3 Å². The summed E-state index contributed by atoms with van der Waals surface area (Å²) < 4.78 is 56.7. The average molecular weight is 456 g/mol. The van der Waals surface area contributed by atoms with E-state index in [1.165, 1.54) is 12.1 Å². The zero-order valence-corrected chi connectivity index (χ0v) is 16.7. The number of carboxylic acids is 1. The summed E-state index contributed by atoms with van der Waals surface area (Å²) in [6.45, 7) is 2.75. The highest BCUT2D eigenvalue weighted by atomic mass is 19.4. The van der Waals surface area contributed by atoms with E-state index < -0.39 is 18.0 Å². The van der Waals surface area contributed by atoms with Gasteiger partial charge in [-0.25, -0.2) is 14.2 Å². The summed E-state index contributed by atoms with van der Waals surface area (Å²) in [4.78, 5) is 27.6. The van der Waals surface area contributed by atoms with Gasteiger partial charge < -0.3 is 19.5 Å². The lowest BCUT2D eigenvalue weighted by Gasteiger charge is -2.26. The molecule has 1 aromatic heterocycles. The van der Waals surface area contributed by atoms with E-state index in [0.29, 0.717) is 44.4 Å². The maximum absolute atomic E-state index is 13.4. The molecule has 0 spiro atoms. The number of rotatable bonds is 4. The second kappa shape index (κ2) is 9.51. The van der Waals surface area contributed by atoms with Crippen LogP contribution in [0.1, 0.15) is 10.4 Å². The van der Waals surface area contributed by atoms with Crippen LogP contribution in [0, 0.1) is 17.2 Å². The van der Waals surface area contributed by atoms with Crippen molar-refractivity contribution in [1.82, 2.24) is 9.88 Å². The summed E-state index contributed by atoms with van der Waals surface area (Å²) in [6.07, 6.45) is -3.40. The first-order valence-electron chi connectivity index (χ1n) is 9.57. The lowest BCUT2D eigenvalue weighted by Crippen LogP contribution is -2.38. The highest BCUT2D eigenvalue weighted by Gasteiger charge is 2.52. The summed E-state index contributed by atoms with van der Waals surface area (Å²) in [5, 5.41) is 7.12. The van der Waals surface area contributed by atoms with Gasteiger partial charge in [0.25, 0.3) is 5.91 Å². The van der Waals surface area contributed by atoms with Gasteiger partial charge in [0.2, 0.25) is 5.88 Å². The first-order chi connectivity index (χ1) is 15.1. The summed E-state index contributed by atoms with van der Waals surface area (Å²) in [6, 6.07) is 11.3. The van der Waals surface area contributed by atoms with E-state index in [-0.39, 0.29) is 17.2 Å². The number of carbonyl (C=O) groups is 2. The molecule has 2 aliphatic rings. The van der Waals surface area contributed by atoms with Crippen LogP contribution in [0.3, 0.4) is 0 Å². The van der Waals surface area contributed by atoms with Gasteiger partial charge in [0.1, 0.15) is 5.82 Å². The first kappa shape index (κ1) is 23.5. The molecule has 4 rings (SSSR count). The minimum absolute atomic E-state index is 0.147. The number of amides is 1. The van der Waals surface area contributed by atoms with Crippen molar-refractivity contribution in [3.8, 4) is 5.88 Å². The van der Waals surface area contributed by atoms with Crippen LogP contribution >= 0.6 is 0 Å². The number of nitrogens with zero attached hydrogens (tertiary/aromatic N) is 2. The number of carboxylic acid groups (broad SMARTS) is 1. The molecule has 11 heteroatoms. The van der Waals surface area contributed by atoms with Crippen molar-refractivity contribution in [2.45, 2.75) is 6.18 Å². The molecule has 2 saturated heterocycles. The molecular formula is C21H20F4N2O5. The Morgan fingerprint density at radius 1 is 1.25 bits per heavy atom. The number of alkyl halides is 3. The Balaban J connectivity index is 0.000000360. The van der Waals surface area contributed by atoms with Crippen molar-refractivity contribution in [1.29, 1.82) is 0 Å². The maximum atomic E-state index is 13.4. The largest absolute Gasteiger partial charge is 0.490 e. The number of carbonyl (C=O) groups excluding carboxylic acids is 1. The molecule has 1 N–H and O–H groups in total. The van der Waals surface area contributed by atoms with Crippen LogP contribution in [0.4, 0.5) is 17.6 Å². The third-order valence-electron chi connectivity index (χ3n) is 5.27. The van der Waals surface area contributed by atoms with Gasteiger partial charge in [-0.2, -0.15) is 13.2 Å². The van der Waals surface area contributed by atoms with Gasteiger partial charge in [-0.1, -0.05) is 12.1 Å². The molecule has 7 nitrogen and oxygen atoms in total. The predicted octanol–water partition coefficient (Wildman–Crippen LogP) is 3.02. The fraction of sp³-hybridized carbons (Fsp3) is 0.381. The summed E-state index contributed by atoms with van der Waals surface area (Å²) in [7, 11) is 0. The standard InChI is InChI=1S/C19H19FN2O3.C2HF3O2/c20-16-5-3-4-14(8-16)18(23)22-9-15-10-24-12-19(15,11-22)13-25-17-6-1-2-7-21-17;3-2(4,5)1(6)7/h1-8,15H,9-13H2;(H,6,7)/t15-,19+;/m1./s1. The van der Waals surface area contributed by atoms with Crippen LogP contribution in [0.15, 0.2) is 48.7 Å². The van der Waals surface area contributed by atoms with Gasteiger partial charge in [0.15, 0.2) is 0 Å². The van der Waals surface area contributed by atoms with Crippen molar-refractivity contribution in [3.63, 3.8) is 0 Å². The number of hydrogen-bond acceptors (Lipinski definition) is 5. The number of aliphatic carboxylic acids is 1. The van der Waals surface area contributed by atoms with E-state index in [0.717, 1.165) is 0 Å². The molecule has 3 heterocycles. The smallest absolute Gasteiger partial charge is 0.477 e. The van der Waals surface area contributed by atoms with Crippen molar-refractivity contribution < 1.29 is 41.7 Å². The monoisotopic (exact) mass is 456 g/mol. The van der Waals surface area contributed by atoms with Crippen molar-refractivity contribution in [2.24, 2.45) is 11.3 Å². The van der Waals surface area contributed by atoms with Gasteiger partial charge in [0.05, 0.1) is 25.2 Å². The molecule has 0 saturated carbocycles. The zero-order valence-electron chi connectivity index (χ0n) is 16.7. The normalized spacial score (nSPS) is 22.0. The number of aromatic nitrogens is 1. The second-order valence-electron chi connectivity index (χ2n) is 7.53. The van der Waals surface area contributed by atoms with Gasteiger partial charge >= 0.3 is 12.1 Å². The molecule has 0 radical (unpaired) electrons. The number of hydrogen-bond donors (Lipinski definition) is 1. The Morgan fingerprint density at radius 2 is 2.00 bits per heavy atom. The number of fused-ring (bicyclic) bond motifs is 1. The Kier molecular flexibility index (Phi) is 6.97. The number of halogens is 4. The van der Waals surface area contributed by atoms with E-state index >= 15 is 0 Å². The lowest BCUT2D eigenvalue weighted by molar-refractivity contribution is -0.192. The fourth-order valence-corrected chi connectivity index (χ4v) is 3.64. The van der Waals surface area contributed by atoms with Crippen LogP contribution in [0.5, 0.6) is 5.88 Å². The van der Waals surface area contributed by atoms with E-state index in [9.17, 15) is 22.4 Å². The molecule has 2 atom stereocenters. The summed E-state index contributed by atoms with van der Waals surface area (Å²) in [5.74, 6) is -2.52. The van der Waals surface area contributed by atoms with Gasteiger partial charge in [-0.3, -0.25) is 4.79 Å². The molecule has 32 heavy (non-hydrogen) atoms. The summed E-state index contributed by atoms with van der Waals surface area (Å²) in [5.41, 5.74) is 0.141. The van der Waals surface area contributed by atoms with E-state index in [1.54, 1.807) is 23.2 Å². The maximum Gasteiger partial charge on any atom is 0.490 e. The molecule has 0 bridgehead atoms. The van der Waals surface area contributed by atoms with Crippen LogP contribution in [-0.4, -0.2) is 66.0 Å². The molecule has 2 aliphatic heterocycles. The Hall–Kier alpha value is -3.21. The van der Waals surface area contributed by atoms with E-state index in [1.807, 2.05) is 18.2 Å². The SMILES string of the molecule is O=C(O)C(F)(F)F.O=C(c1cccc(F)c1)N1C[C@@H]2COC[C@]2(COc2ccccn2)C1.